The average molecular weight is 283 g/mol. The van der Waals surface area contributed by atoms with Gasteiger partial charge in [0.05, 0.1) is 0 Å². The molecule has 0 heterocycles. The minimum absolute atomic E-state index is 0.390. The molecule has 2 nitrogen and oxygen atoms in total. The third kappa shape index (κ3) is 3.59. The van der Waals surface area contributed by atoms with E-state index in [1.54, 1.807) is 0 Å². The highest BCUT2D eigenvalue weighted by atomic mass is 35.5. The van der Waals surface area contributed by atoms with Crippen LogP contribution in [-0.2, 0) is 0 Å². The number of thiocarbonyl (C=S) groups is 1. The summed E-state index contributed by atoms with van der Waals surface area (Å²) < 4.78 is 0. The molecule has 0 bridgehead atoms. The van der Waals surface area contributed by atoms with E-state index in [1.165, 1.54) is 32.1 Å². The van der Waals surface area contributed by atoms with Gasteiger partial charge in [-0.3, -0.25) is 0 Å². The quantitative estimate of drug-likeness (QED) is 0.803. The second kappa shape index (κ2) is 6.39. The Morgan fingerprint density at radius 2 is 2.11 bits per heavy atom. The molecule has 18 heavy (non-hydrogen) atoms. The van der Waals surface area contributed by atoms with Gasteiger partial charge in [-0.1, -0.05) is 49.5 Å². The molecule has 0 atom stereocenters. The van der Waals surface area contributed by atoms with Crippen molar-refractivity contribution in [3.8, 4) is 0 Å². The number of hydrogen-bond acceptors (Lipinski definition) is 2. The summed E-state index contributed by atoms with van der Waals surface area (Å²) >= 11 is 11.0. The summed E-state index contributed by atoms with van der Waals surface area (Å²) in [6, 6.07) is 5.63. The molecule has 2 rings (SSSR count). The van der Waals surface area contributed by atoms with Gasteiger partial charge in [-0.2, -0.15) is 0 Å². The zero-order valence-corrected chi connectivity index (χ0v) is 12.0. The van der Waals surface area contributed by atoms with Crippen LogP contribution in [0.3, 0.4) is 0 Å². The number of benzene rings is 1. The van der Waals surface area contributed by atoms with Crippen molar-refractivity contribution in [2.75, 3.05) is 11.9 Å². The topological polar surface area (TPSA) is 38.0 Å². The second-order valence-electron chi connectivity index (χ2n) is 4.92. The Balaban J connectivity index is 1.93. The fourth-order valence-corrected chi connectivity index (χ4v) is 2.93. The summed E-state index contributed by atoms with van der Waals surface area (Å²) in [6.45, 7) is 0.974. The lowest BCUT2D eigenvalue weighted by molar-refractivity contribution is 0.518. The lowest BCUT2D eigenvalue weighted by atomic mass is 10.0. The van der Waals surface area contributed by atoms with Crippen LogP contribution in [0.2, 0.25) is 5.02 Å². The molecule has 3 N–H and O–H groups in total. The second-order valence-corrected chi connectivity index (χ2v) is 5.80. The average Bonchev–Trinajstić information content (AvgIpc) is 2.84. The Labute approximate surface area is 119 Å². The van der Waals surface area contributed by atoms with Gasteiger partial charge < -0.3 is 11.1 Å². The largest absolute Gasteiger partial charge is 0.389 e. The van der Waals surface area contributed by atoms with Crippen molar-refractivity contribution in [1.29, 1.82) is 0 Å². The third-order valence-corrected chi connectivity index (χ3v) is 4.04. The number of halogens is 1. The van der Waals surface area contributed by atoms with E-state index >= 15 is 0 Å². The van der Waals surface area contributed by atoms with Crippen LogP contribution in [0.1, 0.15) is 37.7 Å². The summed E-state index contributed by atoms with van der Waals surface area (Å²) in [5, 5.41) is 4.09. The number of rotatable bonds is 5. The Morgan fingerprint density at radius 3 is 2.78 bits per heavy atom. The molecule has 0 aromatic heterocycles. The van der Waals surface area contributed by atoms with E-state index in [-0.39, 0.29) is 0 Å². The van der Waals surface area contributed by atoms with Crippen LogP contribution in [0.25, 0.3) is 0 Å². The van der Waals surface area contributed by atoms with Crippen molar-refractivity contribution in [3.63, 3.8) is 0 Å². The highest BCUT2D eigenvalue weighted by molar-refractivity contribution is 7.80. The first-order valence-electron chi connectivity index (χ1n) is 6.50. The molecule has 0 amide bonds. The molecule has 1 aliphatic rings. The first-order chi connectivity index (χ1) is 8.66. The SMILES string of the molecule is NC(=S)c1cc(Cl)ccc1NCCC1CCCC1. The molecular weight excluding hydrogens is 264 g/mol. The molecule has 0 radical (unpaired) electrons. The Bertz CT molecular complexity index is 428. The molecule has 0 spiro atoms. The van der Waals surface area contributed by atoms with Gasteiger partial charge in [0, 0.05) is 22.8 Å². The molecule has 4 heteroatoms. The van der Waals surface area contributed by atoms with Crippen LogP contribution in [0.4, 0.5) is 5.69 Å². The molecule has 0 unspecified atom stereocenters. The van der Waals surface area contributed by atoms with Gasteiger partial charge >= 0.3 is 0 Å². The van der Waals surface area contributed by atoms with E-state index in [2.05, 4.69) is 5.32 Å². The van der Waals surface area contributed by atoms with Crippen molar-refractivity contribution in [1.82, 2.24) is 0 Å². The van der Waals surface area contributed by atoms with Crippen molar-refractivity contribution in [2.45, 2.75) is 32.1 Å². The monoisotopic (exact) mass is 282 g/mol. The normalized spacial score (nSPS) is 15.8. The molecule has 98 valence electrons. The predicted molar refractivity (Wildman–Crippen MR) is 82.4 cm³/mol. The fraction of sp³-hybridized carbons (Fsp3) is 0.500. The maximum atomic E-state index is 5.96. The smallest absolute Gasteiger partial charge is 0.106 e. The predicted octanol–water partition coefficient (Wildman–Crippen LogP) is 3.97. The summed E-state index contributed by atoms with van der Waals surface area (Å²) in [5.74, 6) is 0.887. The number of nitrogens with one attached hydrogen (secondary N) is 1. The lowest BCUT2D eigenvalue weighted by Crippen LogP contribution is -2.14. The van der Waals surface area contributed by atoms with Crippen LogP contribution in [-0.4, -0.2) is 11.5 Å². The van der Waals surface area contributed by atoms with Gasteiger partial charge in [-0.05, 0) is 30.5 Å². The zero-order chi connectivity index (χ0) is 13.0. The van der Waals surface area contributed by atoms with Gasteiger partial charge in [0.2, 0.25) is 0 Å². The molecule has 1 aromatic carbocycles. The fourth-order valence-electron chi connectivity index (χ4n) is 2.58. The van der Waals surface area contributed by atoms with Crippen molar-refractivity contribution in [2.24, 2.45) is 11.7 Å². The number of anilines is 1. The van der Waals surface area contributed by atoms with E-state index in [9.17, 15) is 0 Å². The minimum Gasteiger partial charge on any atom is -0.389 e. The Hall–Kier alpha value is -0.800. The summed E-state index contributed by atoms with van der Waals surface area (Å²) in [5.41, 5.74) is 7.54. The van der Waals surface area contributed by atoms with Crippen molar-refractivity contribution < 1.29 is 0 Å². The molecule has 1 fully saturated rings. The Kier molecular flexibility index (Phi) is 4.84. The third-order valence-electron chi connectivity index (χ3n) is 3.59. The van der Waals surface area contributed by atoms with Gasteiger partial charge in [0.15, 0.2) is 0 Å². The van der Waals surface area contributed by atoms with Crippen LogP contribution in [0.15, 0.2) is 18.2 Å². The molecular formula is C14H19ClN2S. The first kappa shape index (κ1) is 13.6. The van der Waals surface area contributed by atoms with E-state index in [4.69, 9.17) is 29.6 Å². The van der Waals surface area contributed by atoms with E-state index in [1.807, 2.05) is 18.2 Å². The van der Waals surface area contributed by atoms with Crippen LogP contribution >= 0.6 is 23.8 Å². The van der Waals surface area contributed by atoms with Gasteiger partial charge in [0.25, 0.3) is 0 Å². The number of nitrogens with two attached hydrogens (primary N) is 1. The van der Waals surface area contributed by atoms with Crippen molar-refractivity contribution >= 4 is 34.5 Å². The first-order valence-corrected chi connectivity index (χ1v) is 7.28. The number of hydrogen-bond donors (Lipinski definition) is 2. The van der Waals surface area contributed by atoms with Gasteiger partial charge in [-0.25, -0.2) is 0 Å². The Morgan fingerprint density at radius 1 is 1.39 bits per heavy atom. The summed E-state index contributed by atoms with van der Waals surface area (Å²) in [6.07, 6.45) is 6.77. The molecule has 1 aliphatic carbocycles. The lowest BCUT2D eigenvalue weighted by Gasteiger charge is -2.14. The highest BCUT2D eigenvalue weighted by Crippen LogP contribution is 2.28. The van der Waals surface area contributed by atoms with Crippen molar-refractivity contribution in [3.05, 3.63) is 28.8 Å². The minimum atomic E-state index is 0.390. The standard InChI is InChI=1S/C14H19ClN2S/c15-11-5-6-13(12(9-11)14(16)18)17-8-7-10-3-1-2-4-10/h5-6,9-10,17H,1-4,7-8H2,(H2,16,18). The van der Waals surface area contributed by atoms with Crippen LogP contribution in [0.5, 0.6) is 0 Å². The van der Waals surface area contributed by atoms with E-state index in [0.29, 0.717) is 10.0 Å². The molecule has 1 saturated carbocycles. The molecule has 0 aliphatic heterocycles. The molecule has 1 aromatic rings. The van der Waals surface area contributed by atoms with E-state index < -0.39 is 0 Å². The van der Waals surface area contributed by atoms with E-state index in [0.717, 1.165) is 23.7 Å². The van der Waals surface area contributed by atoms with Gasteiger partial charge in [0.1, 0.15) is 4.99 Å². The maximum absolute atomic E-state index is 5.96. The van der Waals surface area contributed by atoms with Gasteiger partial charge in [-0.15, -0.1) is 0 Å². The van der Waals surface area contributed by atoms with Crippen LogP contribution in [0, 0.1) is 5.92 Å². The molecule has 0 saturated heterocycles. The highest BCUT2D eigenvalue weighted by Gasteiger charge is 2.14. The zero-order valence-electron chi connectivity index (χ0n) is 10.4. The maximum Gasteiger partial charge on any atom is 0.106 e. The summed E-state index contributed by atoms with van der Waals surface area (Å²) in [7, 11) is 0. The summed E-state index contributed by atoms with van der Waals surface area (Å²) in [4.78, 5) is 0.390. The van der Waals surface area contributed by atoms with Crippen LogP contribution < -0.4 is 11.1 Å².